The number of fused-ring (bicyclic) bond motifs is 1. The van der Waals surface area contributed by atoms with E-state index < -0.39 is 16.9 Å². The second kappa shape index (κ2) is 9.12. The predicted octanol–water partition coefficient (Wildman–Crippen LogP) is 2.78. The van der Waals surface area contributed by atoms with E-state index in [0.717, 1.165) is 16.2 Å². The summed E-state index contributed by atoms with van der Waals surface area (Å²) < 4.78 is 12.4. The molecule has 170 valence electrons. The number of nitrogens with zero attached hydrogens (tertiary/aromatic N) is 3. The van der Waals surface area contributed by atoms with Gasteiger partial charge in [-0.1, -0.05) is 17.4 Å². The van der Waals surface area contributed by atoms with Crippen molar-refractivity contribution >= 4 is 40.4 Å². The van der Waals surface area contributed by atoms with E-state index in [1.165, 1.54) is 41.2 Å². The van der Waals surface area contributed by atoms with Crippen molar-refractivity contribution in [2.75, 3.05) is 13.7 Å². The number of allylic oxidation sites excluding steroid dienone is 1. The number of aromatic nitrogens is 1. The van der Waals surface area contributed by atoms with E-state index in [2.05, 4.69) is 4.99 Å². The number of hydrogen-bond acceptors (Lipinski definition) is 9. The van der Waals surface area contributed by atoms with Gasteiger partial charge < -0.3 is 9.47 Å². The van der Waals surface area contributed by atoms with Crippen LogP contribution in [-0.2, 0) is 9.53 Å². The van der Waals surface area contributed by atoms with E-state index in [-0.39, 0.29) is 17.9 Å². The molecule has 1 atom stereocenters. The van der Waals surface area contributed by atoms with Gasteiger partial charge in [-0.2, -0.15) is 0 Å². The van der Waals surface area contributed by atoms with E-state index in [1.807, 2.05) is 17.5 Å². The maximum absolute atomic E-state index is 13.5. The van der Waals surface area contributed by atoms with E-state index in [1.54, 1.807) is 19.9 Å². The second-order valence-corrected chi connectivity index (χ2v) is 8.99. The number of methoxy groups -OCH3 is 1. The minimum Gasteiger partial charge on any atom is -0.496 e. The summed E-state index contributed by atoms with van der Waals surface area (Å²) >= 11 is 2.57. The Hall–Kier alpha value is -3.57. The molecule has 3 aromatic rings. The van der Waals surface area contributed by atoms with Gasteiger partial charge in [0.1, 0.15) is 11.8 Å². The van der Waals surface area contributed by atoms with Crippen LogP contribution in [0.2, 0.25) is 0 Å². The molecule has 0 aliphatic carbocycles. The van der Waals surface area contributed by atoms with Crippen LogP contribution in [0, 0.1) is 10.1 Å². The first-order chi connectivity index (χ1) is 15.8. The maximum atomic E-state index is 13.5. The number of esters is 1. The SMILES string of the molecule is CCOC(=O)C1=C(C)N=c2s/c(=C/c3cc([N+](=O)[O-])ccc3OC)c(=O)n2C1c1cccs1. The number of carbonyl (C=O) groups excluding carboxylic acids is 1. The lowest BCUT2D eigenvalue weighted by atomic mass is 10.0. The summed E-state index contributed by atoms with van der Waals surface area (Å²) in [6.45, 7) is 3.63. The topological polar surface area (TPSA) is 113 Å². The molecule has 33 heavy (non-hydrogen) atoms. The molecule has 0 amide bonds. The lowest BCUT2D eigenvalue weighted by Crippen LogP contribution is -2.39. The van der Waals surface area contributed by atoms with Crippen LogP contribution < -0.4 is 19.6 Å². The van der Waals surface area contributed by atoms with Crippen molar-refractivity contribution in [3.05, 3.63) is 87.2 Å². The second-order valence-electron chi connectivity index (χ2n) is 7.00. The van der Waals surface area contributed by atoms with E-state index >= 15 is 0 Å². The number of ether oxygens (including phenoxy) is 2. The highest BCUT2D eigenvalue weighted by Gasteiger charge is 2.33. The molecule has 1 aliphatic heterocycles. The fraction of sp³-hybridized carbons (Fsp3) is 0.227. The number of thiophene rings is 1. The smallest absolute Gasteiger partial charge is 0.338 e. The monoisotopic (exact) mass is 485 g/mol. The molecule has 1 aliphatic rings. The third kappa shape index (κ3) is 4.12. The van der Waals surface area contributed by atoms with Crippen LogP contribution in [0.4, 0.5) is 5.69 Å². The molecule has 0 bridgehead atoms. The maximum Gasteiger partial charge on any atom is 0.338 e. The summed E-state index contributed by atoms with van der Waals surface area (Å²) in [4.78, 5) is 42.7. The Morgan fingerprint density at radius 1 is 1.36 bits per heavy atom. The van der Waals surface area contributed by atoms with Gasteiger partial charge in [-0.25, -0.2) is 9.79 Å². The van der Waals surface area contributed by atoms with Gasteiger partial charge >= 0.3 is 5.97 Å². The van der Waals surface area contributed by atoms with Crippen LogP contribution in [0.15, 0.2) is 56.8 Å². The highest BCUT2D eigenvalue weighted by Crippen LogP contribution is 2.33. The number of carbonyl (C=O) groups is 1. The number of nitro benzene ring substituents is 1. The van der Waals surface area contributed by atoms with Crippen molar-refractivity contribution in [3.63, 3.8) is 0 Å². The van der Waals surface area contributed by atoms with Crippen LogP contribution in [0.25, 0.3) is 6.08 Å². The Balaban J connectivity index is 1.95. The average Bonchev–Trinajstić information content (AvgIpc) is 3.41. The first-order valence-electron chi connectivity index (χ1n) is 9.91. The number of benzene rings is 1. The van der Waals surface area contributed by atoms with Crippen LogP contribution in [0.1, 0.15) is 30.3 Å². The molecular weight excluding hydrogens is 466 g/mol. The Kier molecular flexibility index (Phi) is 6.25. The molecule has 0 saturated carbocycles. The lowest BCUT2D eigenvalue weighted by Gasteiger charge is -2.23. The number of rotatable bonds is 6. The molecule has 0 radical (unpaired) electrons. The molecule has 4 rings (SSSR count). The largest absolute Gasteiger partial charge is 0.496 e. The average molecular weight is 486 g/mol. The lowest BCUT2D eigenvalue weighted by molar-refractivity contribution is -0.384. The fourth-order valence-electron chi connectivity index (χ4n) is 3.60. The van der Waals surface area contributed by atoms with Crippen molar-refractivity contribution in [1.82, 2.24) is 4.57 Å². The van der Waals surface area contributed by atoms with Gasteiger partial charge in [0.25, 0.3) is 11.2 Å². The summed E-state index contributed by atoms with van der Waals surface area (Å²) in [6.07, 6.45) is 1.55. The molecule has 0 fully saturated rings. The quantitative estimate of drug-likeness (QED) is 0.301. The van der Waals surface area contributed by atoms with Gasteiger partial charge in [-0.15, -0.1) is 11.3 Å². The van der Waals surface area contributed by atoms with Crippen LogP contribution in [0.3, 0.4) is 0 Å². The molecule has 0 saturated heterocycles. The summed E-state index contributed by atoms with van der Waals surface area (Å²) in [6, 6.07) is 7.20. The minimum atomic E-state index is -0.672. The number of non-ortho nitro benzene ring substituents is 1. The zero-order valence-corrected chi connectivity index (χ0v) is 19.6. The first-order valence-corrected chi connectivity index (χ1v) is 11.6. The van der Waals surface area contributed by atoms with Gasteiger partial charge in [0.2, 0.25) is 0 Å². The Bertz CT molecular complexity index is 1450. The van der Waals surface area contributed by atoms with Gasteiger partial charge in [-0.3, -0.25) is 19.5 Å². The Morgan fingerprint density at radius 3 is 2.79 bits per heavy atom. The third-order valence-electron chi connectivity index (χ3n) is 5.04. The van der Waals surface area contributed by atoms with Gasteiger partial charge in [-0.05, 0) is 37.4 Å². The van der Waals surface area contributed by atoms with E-state index in [9.17, 15) is 19.7 Å². The van der Waals surface area contributed by atoms with Gasteiger partial charge in [0, 0.05) is 22.6 Å². The van der Waals surface area contributed by atoms with Crippen molar-refractivity contribution in [3.8, 4) is 5.75 Å². The molecule has 11 heteroatoms. The van der Waals surface area contributed by atoms with E-state index in [4.69, 9.17) is 9.47 Å². The van der Waals surface area contributed by atoms with Crippen molar-refractivity contribution in [1.29, 1.82) is 0 Å². The zero-order chi connectivity index (χ0) is 23.7. The summed E-state index contributed by atoms with van der Waals surface area (Å²) in [5.41, 5.74) is 0.705. The third-order valence-corrected chi connectivity index (χ3v) is 6.95. The first kappa shape index (κ1) is 22.6. The normalized spacial score (nSPS) is 15.7. The van der Waals surface area contributed by atoms with Crippen LogP contribution >= 0.6 is 22.7 Å². The van der Waals surface area contributed by atoms with E-state index in [0.29, 0.717) is 31.9 Å². The summed E-state index contributed by atoms with van der Waals surface area (Å²) in [5.74, 6) is -0.128. The molecule has 0 spiro atoms. The minimum absolute atomic E-state index is 0.119. The van der Waals surface area contributed by atoms with Gasteiger partial charge in [0.15, 0.2) is 4.80 Å². The summed E-state index contributed by atoms with van der Waals surface area (Å²) in [5, 5.41) is 13.1. The fourth-order valence-corrected chi connectivity index (χ4v) is 5.46. The summed E-state index contributed by atoms with van der Waals surface area (Å²) in [7, 11) is 1.45. The number of thiazole rings is 1. The molecular formula is C22H19N3O6S2. The van der Waals surface area contributed by atoms with Crippen LogP contribution in [-0.4, -0.2) is 29.2 Å². The zero-order valence-electron chi connectivity index (χ0n) is 17.9. The van der Waals surface area contributed by atoms with Gasteiger partial charge in [0.05, 0.1) is 34.4 Å². The molecule has 1 unspecified atom stereocenters. The number of nitro groups is 1. The molecule has 9 nitrogen and oxygen atoms in total. The highest BCUT2D eigenvalue weighted by atomic mass is 32.1. The highest BCUT2D eigenvalue weighted by molar-refractivity contribution is 7.10. The molecule has 2 aromatic heterocycles. The van der Waals surface area contributed by atoms with Crippen molar-refractivity contribution < 1.29 is 19.2 Å². The Morgan fingerprint density at radius 2 is 2.15 bits per heavy atom. The Labute approximate surface area is 195 Å². The number of hydrogen-bond donors (Lipinski definition) is 0. The van der Waals surface area contributed by atoms with Crippen molar-refractivity contribution in [2.45, 2.75) is 19.9 Å². The van der Waals surface area contributed by atoms with Crippen molar-refractivity contribution in [2.24, 2.45) is 4.99 Å². The predicted molar refractivity (Wildman–Crippen MR) is 124 cm³/mol. The molecule has 0 N–H and O–H groups in total. The standard InChI is InChI=1S/C22H19N3O6S2/c1-4-31-21(27)18-12(2)23-22-24(19(18)16-6-5-9-32-16)20(26)17(33-22)11-13-10-14(25(28)29)7-8-15(13)30-3/h5-11,19H,4H2,1-3H3/b17-11+. The molecule has 3 heterocycles. The van der Waals surface area contributed by atoms with Crippen LogP contribution in [0.5, 0.6) is 5.75 Å². The molecule has 1 aromatic carbocycles.